The molecular weight excluding hydrogens is 258 g/mol. The van der Waals surface area contributed by atoms with Crippen LogP contribution in [-0.4, -0.2) is 35.9 Å². The van der Waals surface area contributed by atoms with Gasteiger partial charge < -0.3 is 20.3 Å². The lowest BCUT2D eigenvalue weighted by atomic mass is 9.87. The topological polar surface area (TPSA) is 78.8 Å². The Kier molecular flexibility index (Phi) is 4.84. The minimum absolute atomic E-state index is 0.0630. The second kappa shape index (κ2) is 6.61. The molecule has 20 heavy (non-hydrogen) atoms. The fourth-order valence-corrected chi connectivity index (χ4v) is 2.60. The number of benzene rings is 1. The molecule has 1 aromatic rings. The van der Waals surface area contributed by atoms with E-state index in [0.717, 1.165) is 25.7 Å². The Morgan fingerprint density at radius 3 is 2.95 bits per heavy atom. The molecule has 1 saturated carbocycles. The van der Waals surface area contributed by atoms with Crippen LogP contribution in [0, 0.1) is 5.92 Å². The summed E-state index contributed by atoms with van der Waals surface area (Å²) >= 11 is 0. The summed E-state index contributed by atoms with van der Waals surface area (Å²) in [6.07, 6.45) is 3.33. The fraction of sp³-hybridized carbons (Fsp3) is 0.533. The summed E-state index contributed by atoms with van der Waals surface area (Å²) in [6.45, 7) is 0.520. The summed E-state index contributed by atoms with van der Waals surface area (Å²) in [6, 6.07) is 4.56. The van der Waals surface area contributed by atoms with Crippen molar-refractivity contribution in [3.8, 4) is 11.5 Å². The molecule has 0 heterocycles. The first-order valence-corrected chi connectivity index (χ1v) is 6.93. The Hall–Kier alpha value is -1.75. The maximum atomic E-state index is 12.1. The zero-order chi connectivity index (χ0) is 14.5. The largest absolute Gasteiger partial charge is 0.507 e. The van der Waals surface area contributed by atoms with Crippen LogP contribution in [0.2, 0.25) is 0 Å². The van der Waals surface area contributed by atoms with E-state index in [1.807, 2.05) is 0 Å². The van der Waals surface area contributed by atoms with Crippen molar-refractivity contribution in [2.24, 2.45) is 5.92 Å². The van der Waals surface area contributed by atoms with Crippen LogP contribution < -0.4 is 10.1 Å². The summed E-state index contributed by atoms with van der Waals surface area (Å²) in [5.74, 6) is 0.449. The number of nitrogens with one attached hydrogen (secondary N) is 1. The molecule has 0 aliphatic heterocycles. The van der Waals surface area contributed by atoms with Crippen molar-refractivity contribution in [1.29, 1.82) is 0 Å². The normalized spacial score (nSPS) is 22.3. The van der Waals surface area contributed by atoms with Crippen molar-refractivity contribution >= 4 is 5.91 Å². The molecule has 2 unspecified atom stereocenters. The predicted molar refractivity (Wildman–Crippen MR) is 75.0 cm³/mol. The van der Waals surface area contributed by atoms with Gasteiger partial charge in [-0.15, -0.1) is 0 Å². The SMILES string of the molecule is COc1ccc(O)c(C(=O)NCC2CCCC(O)C2)c1. The Bertz CT molecular complexity index is 475. The molecule has 1 fully saturated rings. The van der Waals surface area contributed by atoms with E-state index in [2.05, 4.69) is 5.32 Å². The molecule has 0 radical (unpaired) electrons. The van der Waals surface area contributed by atoms with Crippen LogP contribution in [0.25, 0.3) is 0 Å². The van der Waals surface area contributed by atoms with Crippen LogP contribution in [0.3, 0.4) is 0 Å². The lowest BCUT2D eigenvalue weighted by Crippen LogP contribution is -2.33. The monoisotopic (exact) mass is 279 g/mol. The van der Waals surface area contributed by atoms with Crippen LogP contribution in [0.1, 0.15) is 36.0 Å². The zero-order valence-electron chi connectivity index (χ0n) is 11.6. The van der Waals surface area contributed by atoms with Gasteiger partial charge in [-0.25, -0.2) is 0 Å². The molecule has 0 bridgehead atoms. The number of aliphatic hydroxyl groups is 1. The van der Waals surface area contributed by atoms with Gasteiger partial charge in [0.25, 0.3) is 5.91 Å². The molecular formula is C15H21NO4. The van der Waals surface area contributed by atoms with Crippen molar-refractivity contribution in [2.45, 2.75) is 31.8 Å². The van der Waals surface area contributed by atoms with Crippen LogP contribution >= 0.6 is 0 Å². The van der Waals surface area contributed by atoms with E-state index in [0.29, 0.717) is 18.2 Å². The molecule has 2 atom stereocenters. The zero-order valence-corrected chi connectivity index (χ0v) is 11.6. The molecule has 0 saturated heterocycles. The number of aromatic hydroxyl groups is 1. The third-order valence-corrected chi connectivity index (χ3v) is 3.75. The molecule has 1 aliphatic rings. The van der Waals surface area contributed by atoms with Crippen molar-refractivity contribution in [3.05, 3.63) is 23.8 Å². The number of rotatable bonds is 4. The van der Waals surface area contributed by atoms with Gasteiger partial charge in [0.05, 0.1) is 18.8 Å². The maximum absolute atomic E-state index is 12.1. The highest BCUT2D eigenvalue weighted by molar-refractivity contribution is 5.97. The van der Waals surface area contributed by atoms with Gasteiger partial charge in [0.15, 0.2) is 0 Å². The number of methoxy groups -OCH3 is 1. The molecule has 0 spiro atoms. The van der Waals surface area contributed by atoms with Gasteiger partial charge >= 0.3 is 0 Å². The van der Waals surface area contributed by atoms with E-state index in [-0.39, 0.29) is 23.3 Å². The summed E-state index contributed by atoms with van der Waals surface area (Å²) in [7, 11) is 1.51. The Morgan fingerprint density at radius 1 is 1.45 bits per heavy atom. The quantitative estimate of drug-likeness (QED) is 0.783. The number of carbonyl (C=O) groups excluding carboxylic acids is 1. The summed E-state index contributed by atoms with van der Waals surface area (Å²) in [5, 5.41) is 22.1. The van der Waals surface area contributed by atoms with Crippen molar-refractivity contribution in [1.82, 2.24) is 5.32 Å². The van der Waals surface area contributed by atoms with Gasteiger partial charge in [0.1, 0.15) is 11.5 Å². The smallest absolute Gasteiger partial charge is 0.255 e. The van der Waals surface area contributed by atoms with Crippen LogP contribution in [-0.2, 0) is 0 Å². The molecule has 1 amide bonds. The second-order valence-electron chi connectivity index (χ2n) is 5.28. The van der Waals surface area contributed by atoms with E-state index < -0.39 is 0 Å². The third-order valence-electron chi connectivity index (χ3n) is 3.75. The standard InChI is InChI=1S/C15H21NO4/c1-20-12-5-6-14(18)13(8-12)15(19)16-9-10-3-2-4-11(17)7-10/h5-6,8,10-11,17-18H,2-4,7,9H2,1H3,(H,16,19). The van der Waals surface area contributed by atoms with Crippen molar-refractivity contribution in [2.75, 3.05) is 13.7 Å². The Balaban J connectivity index is 1.94. The highest BCUT2D eigenvalue weighted by Gasteiger charge is 2.21. The third kappa shape index (κ3) is 3.63. The van der Waals surface area contributed by atoms with E-state index in [4.69, 9.17) is 4.74 Å². The minimum Gasteiger partial charge on any atom is -0.507 e. The van der Waals surface area contributed by atoms with E-state index in [1.165, 1.54) is 19.2 Å². The predicted octanol–water partition coefficient (Wildman–Crippen LogP) is 1.68. The van der Waals surface area contributed by atoms with Gasteiger partial charge in [-0.3, -0.25) is 4.79 Å². The molecule has 3 N–H and O–H groups in total. The van der Waals surface area contributed by atoms with Crippen molar-refractivity contribution in [3.63, 3.8) is 0 Å². The lowest BCUT2D eigenvalue weighted by molar-refractivity contribution is 0.0871. The first kappa shape index (κ1) is 14.7. The number of aliphatic hydroxyl groups excluding tert-OH is 1. The van der Waals surface area contributed by atoms with E-state index in [1.54, 1.807) is 6.07 Å². The average molecular weight is 279 g/mol. The number of phenolic OH excluding ortho intramolecular Hbond substituents is 1. The number of phenols is 1. The first-order valence-electron chi connectivity index (χ1n) is 6.93. The highest BCUT2D eigenvalue weighted by Crippen LogP contribution is 2.25. The number of hydrogen-bond donors (Lipinski definition) is 3. The van der Waals surface area contributed by atoms with Gasteiger partial charge in [-0.05, 0) is 43.4 Å². The number of amides is 1. The fourth-order valence-electron chi connectivity index (χ4n) is 2.60. The maximum Gasteiger partial charge on any atom is 0.255 e. The van der Waals surface area contributed by atoms with E-state index >= 15 is 0 Å². The van der Waals surface area contributed by atoms with Gasteiger partial charge in [0, 0.05) is 6.54 Å². The first-order chi connectivity index (χ1) is 9.60. The number of hydrogen-bond acceptors (Lipinski definition) is 4. The van der Waals surface area contributed by atoms with Gasteiger partial charge in [-0.2, -0.15) is 0 Å². The molecule has 1 aromatic carbocycles. The lowest BCUT2D eigenvalue weighted by Gasteiger charge is -2.25. The summed E-state index contributed by atoms with van der Waals surface area (Å²) < 4.78 is 5.04. The van der Waals surface area contributed by atoms with Gasteiger partial charge in [-0.1, -0.05) is 6.42 Å². The summed E-state index contributed by atoms with van der Waals surface area (Å²) in [5.41, 5.74) is 0.209. The average Bonchev–Trinajstić information content (AvgIpc) is 2.45. The molecule has 2 rings (SSSR count). The van der Waals surface area contributed by atoms with Crippen LogP contribution in [0.15, 0.2) is 18.2 Å². The van der Waals surface area contributed by atoms with Crippen LogP contribution in [0.5, 0.6) is 11.5 Å². The van der Waals surface area contributed by atoms with Crippen molar-refractivity contribution < 1.29 is 19.7 Å². The number of ether oxygens (including phenoxy) is 1. The molecule has 110 valence electrons. The molecule has 5 heteroatoms. The Morgan fingerprint density at radius 2 is 2.25 bits per heavy atom. The van der Waals surface area contributed by atoms with E-state index in [9.17, 15) is 15.0 Å². The Labute approximate surface area is 118 Å². The summed E-state index contributed by atoms with van der Waals surface area (Å²) in [4.78, 5) is 12.1. The minimum atomic E-state index is -0.318. The second-order valence-corrected chi connectivity index (χ2v) is 5.28. The highest BCUT2D eigenvalue weighted by atomic mass is 16.5. The molecule has 5 nitrogen and oxygen atoms in total. The molecule has 1 aliphatic carbocycles. The van der Waals surface area contributed by atoms with Crippen LogP contribution in [0.4, 0.5) is 0 Å². The van der Waals surface area contributed by atoms with Gasteiger partial charge in [0.2, 0.25) is 0 Å². The number of carbonyl (C=O) groups is 1. The molecule has 0 aromatic heterocycles.